The molecule has 0 unspecified atom stereocenters. The molecule has 0 bridgehead atoms. The van der Waals surface area contributed by atoms with Crippen LogP contribution in [0.5, 0.6) is 0 Å². The third-order valence-corrected chi connectivity index (χ3v) is 3.11. The number of rotatable bonds is 3. The van der Waals surface area contributed by atoms with E-state index >= 15 is 0 Å². The summed E-state index contributed by atoms with van der Waals surface area (Å²) in [6.45, 7) is 2.09. The molecule has 1 fully saturated rings. The zero-order valence-corrected chi connectivity index (χ0v) is 8.32. The average Bonchev–Trinajstić information content (AvgIpc) is 2.15. The second-order valence-electron chi connectivity index (χ2n) is 4.37. The molecule has 0 aromatic rings. The molecule has 0 amide bonds. The lowest BCUT2D eigenvalue weighted by Crippen LogP contribution is -2.43. The van der Waals surface area contributed by atoms with Crippen molar-refractivity contribution in [1.82, 2.24) is 0 Å². The number of hydrogen-bond acceptors (Lipinski definition) is 3. The van der Waals surface area contributed by atoms with Crippen molar-refractivity contribution >= 4 is 0 Å². The normalized spacial score (nSPS) is 34.2. The summed E-state index contributed by atoms with van der Waals surface area (Å²) in [5, 5.41) is 18.6. The highest BCUT2D eigenvalue weighted by molar-refractivity contribution is 4.82. The molecule has 0 spiro atoms. The van der Waals surface area contributed by atoms with Crippen LogP contribution in [0.15, 0.2) is 0 Å². The zero-order chi connectivity index (χ0) is 9.84. The van der Waals surface area contributed by atoms with Crippen molar-refractivity contribution in [3.8, 4) is 0 Å². The summed E-state index contributed by atoms with van der Waals surface area (Å²) in [5.74, 6) is 0.991. The van der Waals surface area contributed by atoms with Crippen LogP contribution in [0.1, 0.15) is 32.6 Å². The van der Waals surface area contributed by atoms with Gasteiger partial charge in [0.2, 0.25) is 0 Å². The molecule has 4 atom stereocenters. The molecule has 0 aromatic carbocycles. The van der Waals surface area contributed by atoms with Crippen molar-refractivity contribution in [2.75, 3.05) is 6.61 Å². The molecule has 1 saturated carbocycles. The van der Waals surface area contributed by atoms with Gasteiger partial charge in [0.05, 0.1) is 18.8 Å². The van der Waals surface area contributed by atoms with E-state index in [4.69, 9.17) is 10.8 Å². The first-order valence-corrected chi connectivity index (χ1v) is 5.19. The first kappa shape index (κ1) is 11.0. The van der Waals surface area contributed by atoms with Gasteiger partial charge in [-0.25, -0.2) is 0 Å². The van der Waals surface area contributed by atoms with E-state index in [1.165, 1.54) is 12.8 Å². The van der Waals surface area contributed by atoms with Crippen LogP contribution >= 0.6 is 0 Å². The van der Waals surface area contributed by atoms with Gasteiger partial charge in [-0.3, -0.25) is 0 Å². The molecular weight excluding hydrogens is 166 g/mol. The van der Waals surface area contributed by atoms with Gasteiger partial charge < -0.3 is 15.9 Å². The Hall–Kier alpha value is -0.120. The van der Waals surface area contributed by atoms with Crippen LogP contribution in [0.3, 0.4) is 0 Å². The highest BCUT2D eigenvalue weighted by Gasteiger charge is 2.28. The minimum Gasteiger partial charge on any atom is -0.395 e. The van der Waals surface area contributed by atoms with Crippen molar-refractivity contribution in [1.29, 1.82) is 0 Å². The maximum atomic E-state index is 9.78. The highest BCUT2D eigenvalue weighted by Crippen LogP contribution is 2.31. The molecule has 1 aliphatic rings. The Balaban J connectivity index is 2.41. The Bertz CT molecular complexity index is 152. The second-order valence-corrected chi connectivity index (χ2v) is 4.37. The standard InChI is InChI=1S/C10H21NO2/c1-7-3-2-4-8(5-7)10(13)9(11)6-12/h7-10,12-13H,2-6,11H2,1H3/t7-,8+,9-,10+/m1/s1. The number of aliphatic hydroxyl groups excluding tert-OH is 2. The van der Waals surface area contributed by atoms with E-state index in [0.29, 0.717) is 11.8 Å². The van der Waals surface area contributed by atoms with Crippen molar-refractivity contribution in [3.63, 3.8) is 0 Å². The summed E-state index contributed by atoms with van der Waals surface area (Å²) in [4.78, 5) is 0. The summed E-state index contributed by atoms with van der Waals surface area (Å²) >= 11 is 0. The third kappa shape index (κ3) is 2.93. The summed E-state index contributed by atoms with van der Waals surface area (Å²) in [7, 11) is 0. The Morgan fingerprint density at radius 1 is 1.46 bits per heavy atom. The fraction of sp³-hybridized carbons (Fsp3) is 1.00. The molecule has 0 aromatic heterocycles. The molecular formula is C10H21NO2. The van der Waals surface area contributed by atoms with Gasteiger partial charge in [0.15, 0.2) is 0 Å². The molecule has 3 heteroatoms. The Kier molecular flexibility index (Phi) is 4.16. The first-order valence-electron chi connectivity index (χ1n) is 5.19. The zero-order valence-electron chi connectivity index (χ0n) is 8.32. The molecule has 78 valence electrons. The summed E-state index contributed by atoms with van der Waals surface area (Å²) in [6, 6.07) is -0.463. The third-order valence-electron chi connectivity index (χ3n) is 3.11. The predicted octanol–water partition coefficient (Wildman–Crippen LogP) is 0.493. The van der Waals surface area contributed by atoms with Gasteiger partial charge in [-0.05, 0) is 24.7 Å². The first-order chi connectivity index (χ1) is 6.15. The van der Waals surface area contributed by atoms with Crippen LogP contribution in [0, 0.1) is 11.8 Å². The minimum atomic E-state index is -0.521. The largest absolute Gasteiger partial charge is 0.395 e. The number of hydrogen-bond donors (Lipinski definition) is 3. The summed E-state index contributed by atoms with van der Waals surface area (Å²) in [6.07, 6.45) is 4.03. The van der Waals surface area contributed by atoms with Crippen LogP contribution in [-0.2, 0) is 0 Å². The molecule has 1 rings (SSSR count). The summed E-state index contributed by atoms with van der Waals surface area (Å²) < 4.78 is 0. The predicted molar refractivity (Wildman–Crippen MR) is 52.2 cm³/mol. The van der Waals surface area contributed by atoms with Gasteiger partial charge in [0, 0.05) is 0 Å². The van der Waals surface area contributed by atoms with Crippen LogP contribution in [-0.4, -0.2) is 29.0 Å². The quantitative estimate of drug-likeness (QED) is 0.602. The molecule has 4 N–H and O–H groups in total. The maximum absolute atomic E-state index is 9.78. The van der Waals surface area contributed by atoms with Crippen molar-refractivity contribution in [3.05, 3.63) is 0 Å². The van der Waals surface area contributed by atoms with Crippen LogP contribution in [0.2, 0.25) is 0 Å². The SMILES string of the molecule is C[C@@H]1CCC[C@H]([C@H](O)[C@H](N)CO)C1. The van der Waals surface area contributed by atoms with E-state index in [9.17, 15) is 5.11 Å². The minimum absolute atomic E-state index is 0.119. The van der Waals surface area contributed by atoms with Crippen molar-refractivity contribution < 1.29 is 10.2 Å². The number of aliphatic hydroxyl groups is 2. The van der Waals surface area contributed by atoms with Crippen LogP contribution in [0.25, 0.3) is 0 Å². The molecule has 1 aliphatic carbocycles. The van der Waals surface area contributed by atoms with E-state index in [2.05, 4.69) is 6.92 Å². The molecule has 0 saturated heterocycles. The van der Waals surface area contributed by atoms with Gasteiger partial charge in [-0.1, -0.05) is 19.8 Å². The van der Waals surface area contributed by atoms with E-state index < -0.39 is 12.1 Å². The van der Waals surface area contributed by atoms with E-state index in [1.54, 1.807) is 0 Å². The summed E-state index contributed by atoms with van der Waals surface area (Å²) in [5.41, 5.74) is 5.59. The highest BCUT2D eigenvalue weighted by atomic mass is 16.3. The monoisotopic (exact) mass is 187 g/mol. The maximum Gasteiger partial charge on any atom is 0.0741 e. The lowest BCUT2D eigenvalue weighted by atomic mass is 9.78. The second kappa shape index (κ2) is 4.94. The fourth-order valence-corrected chi connectivity index (χ4v) is 2.25. The van der Waals surface area contributed by atoms with E-state index in [0.717, 1.165) is 12.8 Å². The molecule has 0 radical (unpaired) electrons. The number of nitrogens with two attached hydrogens (primary N) is 1. The topological polar surface area (TPSA) is 66.5 Å². The Morgan fingerprint density at radius 2 is 2.15 bits per heavy atom. The fourth-order valence-electron chi connectivity index (χ4n) is 2.25. The van der Waals surface area contributed by atoms with Gasteiger partial charge in [0.25, 0.3) is 0 Å². The Morgan fingerprint density at radius 3 is 2.69 bits per heavy atom. The smallest absolute Gasteiger partial charge is 0.0741 e. The lowest BCUT2D eigenvalue weighted by Gasteiger charge is -2.32. The van der Waals surface area contributed by atoms with Crippen molar-refractivity contribution in [2.24, 2.45) is 17.6 Å². The van der Waals surface area contributed by atoms with E-state index in [-0.39, 0.29) is 6.61 Å². The molecule has 3 nitrogen and oxygen atoms in total. The van der Waals surface area contributed by atoms with Crippen LogP contribution < -0.4 is 5.73 Å². The van der Waals surface area contributed by atoms with Gasteiger partial charge in [-0.2, -0.15) is 0 Å². The molecule has 13 heavy (non-hydrogen) atoms. The molecule has 0 heterocycles. The Labute approximate surface area is 79.9 Å². The van der Waals surface area contributed by atoms with Gasteiger partial charge in [0.1, 0.15) is 0 Å². The van der Waals surface area contributed by atoms with Gasteiger partial charge in [-0.15, -0.1) is 0 Å². The van der Waals surface area contributed by atoms with Gasteiger partial charge >= 0.3 is 0 Å². The average molecular weight is 187 g/mol. The van der Waals surface area contributed by atoms with Crippen LogP contribution in [0.4, 0.5) is 0 Å². The lowest BCUT2D eigenvalue weighted by molar-refractivity contribution is 0.0337. The van der Waals surface area contributed by atoms with Crippen molar-refractivity contribution in [2.45, 2.75) is 44.8 Å². The van der Waals surface area contributed by atoms with E-state index in [1.807, 2.05) is 0 Å². The molecule has 0 aliphatic heterocycles.